The molecule has 0 atom stereocenters. The molecule has 0 aromatic rings. The topological polar surface area (TPSA) is 60.9 Å². The Morgan fingerprint density at radius 1 is 1.25 bits per heavy atom. The van der Waals surface area contributed by atoms with Crippen molar-refractivity contribution in [2.45, 2.75) is 39.0 Å². The zero-order valence-electron chi connectivity index (χ0n) is 12.2. The monoisotopic (exact) mass is 280 g/mol. The van der Waals surface area contributed by atoms with E-state index in [0.717, 1.165) is 51.9 Å². The van der Waals surface area contributed by atoms with Gasteiger partial charge in [-0.25, -0.2) is 4.79 Å². The summed E-state index contributed by atoms with van der Waals surface area (Å²) in [6.45, 7) is 5.18. The number of rotatable bonds is 3. The van der Waals surface area contributed by atoms with Crippen molar-refractivity contribution in [2.24, 2.45) is 5.92 Å². The third-order valence-corrected chi connectivity index (χ3v) is 4.36. The van der Waals surface area contributed by atoms with Crippen molar-refractivity contribution in [1.82, 2.24) is 9.80 Å². The molecule has 2 aliphatic rings. The predicted molar refractivity (Wildman–Crippen MR) is 76.5 cm³/mol. The van der Waals surface area contributed by atoms with Crippen molar-refractivity contribution in [3.63, 3.8) is 0 Å². The van der Waals surface area contributed by atoms with Gasteiger partial charge in [0.1, 0.15) is 0 Å². The largest absolute Gasteiger partial charge is 0.481 e. The molecule has 0 aromatic heterocycles. The van der Waals surface area contributed by atoms with E-state index in [1.807, 2.05) is 9.80 Å². The van der Waals surface area contributed by atoms with E-state index in [1.165, 1.54) is 5.57 Å². The van der Waals surface area contributed by atoms with Gasteiger partial charge in [-0.15, -0.1) is 0 Å². The van der Waals surface area contributed by atoms with Crippen LogP contribution in [0.25, 0.3) is 0 Å². The van der Waals surface area contributed by atoms with Crippen molar-refractivity contribution >= 4 is 12.0 Å². The summed E-state index contributed by atoms with van der Waals surface area (Å²) < 4.78 is 0. The molecule has 5 nitrogen and oxygen atoms in total. The van der Waals surface area contributed by atoms with Crippen LogP contribution in [-0.2, 0) is 4.79 Å². The molecule has 0 aromatic carbocycles. The molecule has 0 aliphatic carbocycles. The number of carbonyl (C=O) groups excluding carboxylic acids is 1. The summed E-state index contributed by atoms with van der Waals surface area (Å²) in [5.41, 5.74) is 1.36. The average Bonchev–Trinajstić information content (AvgIpc) is 2.46. The molecule has 1 fully saturated rings. The first kappa shape index (κ1) is 14.9. The lowest BCUT2D eigenvalue weighted by Gasteiger charge is -2.36. The highest BCUT2D eigenvalue weighted by molar-refractivity contribution is 5.75. The van der Waals surface area contributed by atoms with Crippen LogP contribution in [0.4, 0.5) is 4.79 Å². The van der Waals surface area contributed by atoms with E-state index in [2.05, 4.69) is 13.0 Å². The lowest BCUT2D eigenvalue weighted by atomic mass is 9.92. The fraction of sp³-hybridized carbons (Fsp3) is 0.733. The lowest BCUT2D eigenvalue weighted by molar-refractivity contribution is -0.137. The molecule has 2 amide bonds. The van der Waals surface area contributed by atoms with Crippen LogP contribution in [0.1, 0.15) is 39.0 Å². The molecule has 2 aliphatic heterocycles. The van der Waals surface area contributed by atoms with Crippen LogP contribution in [0.5, 0.6) is 0 Å². The quantitative estimate of drug-likeness (QED) is 0.807. The maximum Gasteiger partial charge on any atom is 0.320 e. The number of hydrogen-bond donors (Lipinski definition) is 1. The van der Waals surface area contributed by atoms with Crippen LogP contribution in [0, 0.1) is 5.92 Å². The van der Waals surface area contributed by atoms with E-state index in [-0.39, 0.29) is 12.5 Å². The van der Waals surface area contributed by atoms with Gasteiger partial charge >= 0.3 is 12.0 Å². The van der Waals surface area contributed by atoms with E-state index in [9.17, 15) is 9.59 Å². The average molecular weight is 280 g/mol. The summed E-state index contributed by atoms with van der Waals surface area (Å²) in [6.07, 6.45) is 5.95. The van der Waals surface area contributed by atoms with Crippen LogP contribution in [0.3, 0.4) is 0 Å². The second kappa shape index (κ2) is 6.77. The van der Waals surface area contributed by atoms with Gasteiger partial charge in [0.15, 0.2) is 0 Å². The van der Waals surface area contributed by atoms with Gasteiger partial charge in [-0.1, -0.05) is 11.6 Å². The normalized spacial score (nSPS) is 20.8. The molecule has 5 heteroatoms. The highest BCUT2D eigenvalue weighted by Crippen LogP contribution is 2.23. The van der Waals surface area contributed by atoms with Crippen LogP contribution < -0.4 is 0 Å². The predicted octanol–water partition coefficient (Wildman–Crippen LogP) is 2.34. The first-order valence-electron chi connectivity index (χ1n) is 7.47. The number of hydrogen-bond acceptors (Lipinski definition) is 2. The molecular formula is C15H24N2O3. The molecule has 112 valence electrons. The van der Waals surface area contributed by atoms with E-state index < -0.39 is 5.97 Å². The summed E-state index contributed by atoms with van der Waals surface area (Å²) in [7, 11) is 0. The molecule has 0 spiro atoms. The molecule has 0 unspecified atom stereocenters. The number of piperidine rings is 1. The fourth-order valence-corrected chi connectivity index (χ4v) is 2.88. The molecule has 0 bridgehead atoms. The third kappa shape index (κ3) is 3.99. The Morgan fingerprint density at radius 2 is 1.95 bits per heavy atom. The number of nitrogens with zero attached hydrogens (tertiary/aromatic N) is 2. The zero-order chi connectivity index (χ0) is 14.5. The van der Waals surface area contributed by atoms with Gasteiger partial charge in [0, 0.05) is 32.6 Å². The highest BCUT2D eigenvalue weighted by Gasteiger charge is 2.26. The number of carboxylic acids is 1. The van der Waals surface area contributed by atoms with Crippen LogP contribution in [-0.4, -0.2) is 53.1 Å². The highest BCUT2D eigenvalue weighted by atomic mass is 16.4. The summed E-state index contributed by atoms with van der Waals surface area (Å²) >= 11 is 0. The fourth-order valence-electron chi connectivity index (χ4n) is 2.88. The molecule has 1 N–H and O–H groups in total. The molecule has 0 radical (unpaired) electrons. The van der Waals surface area contributed by atoms with E-state index in [4.69, 9.17) is 5.11 Å². The van der Waals surface area contributed by atoms with Crippen LogP contribution in [0.2, 0.25) is 0 Å². The Balaban J connectivity index is 1.76. The van der Waals surface area contributed by atoms with E-state index in [0.29, 0.717) is 5.92 Å². The zero-order valence-corrected chi connectivity index (χ0v) is 12.2. The summed E-state index contributed by atoms with van der Waals surface area (Å²) in [6, 6.07) is 0.144. The van der Waals surface area contributed by atoms with Gasteiger partial charge in [0.25, 0.3) is 0 Å². The molecule has 20 heavy (non-hydrogen) atoms. The van der Waals surface area contributed by atoms with Gasteiger partial charge in [-0.2, -0.15) is 0 Å². The van der Waals surface area contributed by atoms with Gasteiger partial charge in [0.05, 0.1) is 0 Å². The Morgan fingerprint density at radius 3 is 2.50 bits per heavy atom. The molecule has 2 rings (SSSR count). The minimum Gasteiger partial charge on any atom is -0.481 e. The van der Waals surface area contributed by atoms with Gasteiger partial charge in [0.2, 0.25) is 0 Å². The van der Waals surface area contributed by atoms with Gasteiger partial charge in [-0.05, 0) is 38.5 Å². The van der Waals surface area contributed by atoms with E-state index in [1.54, 1.807) is 0 Å². The second-order valence-corrected chi connectivity index (χ2v) is 5.89. The van der Waals surface area contributed by atoms with Crippen molar-refractivity contribution in [3.8, 4) is 0 Å². The first-order valence-corrected chi connectivity index (χ1v) is 7.47. The van der Waals surface area contributed by atoms with Crippen LogP contribution >= 0.6 is 0 Å². The number of carboxylic acid groups (broad SMARTS) is 1. The molecule has 2 heterocycles. The number of likely N-dealkylation sites (tertiary alicyclic amines) is 1. The Bertz CT molecular complexity index is 398. The summed E-state index contributed by atoms with van der Waals surface area (Å²) in [4.78, 5) is 26.8. The standard InChI is InChI=1S/C15H24N2O3/c1-12-4-8-16(9-5-12)15(20)17-10-6-13(7-11-17)2-3-14(18)19/h4,13H,2-3,5-11H2,1H3,(H,18,19). The molecule has 0 saturated carbocycles. The van der Waals surface area contributed by atoms with Gasteiger partial charge < -0.3 is 14.9 Å². The molecular weight excluding hydrogens is 256 g/mol. The lowest BCUT2D eigenvalue weighted by Crippen LogP contribution is -2.47. The van der Waals surface area contributed by atoms with Crippen molar-refractivity contribution in [2.75, 3.05) is 26.2 Å². The Labute approximate surface area is 120 Å². The van der Waals surface area contributed by atoms with E-state index >= 15 is 0 Å². The Kier molecular flexibility index (Phi) is 5.04. The Hall–Kier alpha value is -1.52. The van der Waals surface area contributed by atoms with Crippen molar-refractivity contribution < 1.29 is 14.7 Å². The number of carbonyl (C=O) groups is 2. The van der Waals surface area contributed by atoms with Crippen molar-refractivity contribution in [3.05, 3.63) is 11.6 Å². The minimum absolute atomic E-state index is 0.144. The first-order chi connectivity index (χ1) is 9.56. The van der Waals surface area contributed by atoms with Gasteiger partial charge in [-0.3, -0.25) is 4.79 Å². The number of urea groups is 1. The summed E-state index contributed by atoms with van der Waals surface area (Å²) in [5, 5.41) is 8.70. The summed E-state index contributed by atoms with van der Waals surface area (Å²) in [5.74, 6) is -0.266. The smallest absolute Gasteiger partial charge is 0.320 e. The SMILES string of the molecule is CC1=CCN(C(=O)N2CCC(CCC(=O)O)CC2)CC1. The maximum atomic E-state index is 12.4. The minimum atomic E-state index is -0.723. The number of aliphatic carboxylic acids is 1. The molecule has 1 saturated heterocycles. The maximum absolute atomic E-state index is 12.4. The van der Waals surface area contributed by atoms with Crippen LogP contribution in [0.15, 0.2) is 11.6 Å². The second-order valence-electron chi connectivity index (χ2n) is 5.89. The van der Waals surface area contributed by atoms with Crippen molar-refractivity contribution in [1.29, 1.82) is 0 Å². The number of amides is 2. The third-order valence-electron chi connectivity index (χ3n) is 4.36.